The Kier molecular flexibility index (Phi) is 4.87. The molecule has 0 amide bonds. The van der Waals surface area contributed by atoms with Crippen LogP contribution in [-0.4, -0.2) is 27.9 Å². The first-order chi connectivity index (χ1) is 8.07. The molecule has 1 aromatic rings. The summed E-state index contributed by atoms with van der Waals surface area (Å²) in [5.41, 5.74) is 1.34. The second-order valence-corrected chi connectivity index (χ2v) is 3.95. The van der Waals surface area contributed by atoms with Crippen LogP contribution in [0, 0.1) is 13.8 Å². The van der Waals surface area contributed by atoms with Gasteiger partial charge in [-0.15, -0.1) is 5.10 Å². The number of hydrogen-bond acceptors (Lipinski definition) is 4. The van der Waals surface area contributed by atoms with Gasteiger partial charge in [-0.1, -0.05) is 19.8 Å². The van der Waals surface area contributed by atoms with E-state index >= 15 is 0 Å². The molecular formula is C12H18N2O3. The predicted octanol–water partition coefficient (Wildman–Crippen LogP) is 2.36. The SMILES string of the molecule is CCCCCOc1nnc(C)c(C)c1C(=O)O. The van der Waals surface area contributed by atoms with Gasteiger partial charge in [0.15, 0.2) is 0 Å². The number of aromatic carboxylic acids is 1. The van der Waals surface area contributed by atoms with E-state index in [0.717, 1.165) is 19.3 Å². The van der Waals surface area contributed by atoms with Gasteiger partial charge in [-0.2, -0.15) is 5.10 Å². The van der Waals surface area contributed by atoms with Gasteiger partial charge in [0.2, 0.25) is 5.88 Å². The van der Waals surface area contributed by atoms with Crippen molar-refractivity contribution in [3.8, 4) is 5.88 Å². The van der Waals surface area contributed by atoms with Gasteiger partial charge in [-0.25, -0.2) is 4.79 Å². The molecule has 0 atom stereocenters. The van der Waals surface area contributed by atoms with Crippen molar-refractivity contribution in [2.45, 2.75) is 40.0 Å². The molecule has 17 heavy (non-hydrogen) atoms. The van der Waals surface area contributed by atoms with Crippen LogP contribution in [0.1, 0.15) is 47.8 Å². The molecule has 0 aromatic carbocycles. The van der Waals surface area contributed by atoms with Crippen molar-refractivity contribution in [2.75, 3.05) is 6.61 Å². The molecule has 0 aliphatic carbocycles. The monoisotopic (exact) mass is 238 g/mol. The molecule has 1 heterocycles. The summed E-state index contributed by atoms with van der Waals surface area (Å²) in [6.07, 6.45) is 3.04. The number of carboxylic acid groups (broad SMARTS) is 1. The van der Waals surface area contributed by atoms with Gasteiger partial charge >= 0.3 is 5.97 Å². The average molecular weight is 238 g/mol. The van der Waals surface area contributed by atoms with Crippen LogP contribution < -0.4 is 4.74 Å². The maximum absolute atomic E-state index is 11.1. The third-order valence-corrected chi connectivity index (χ3v) is 2.62. The molecule has 1 rings (SSSR count). The third-order valence-electron chi connectivity index (χ3n) is 2.62. The standard InChI is InChI=1S/C12H18N2O3/c1-4-5-6-7-17-11-10(12(15)16)8(2)9(3)13-14-11/h4-7H2,1-3H3,(H,15,16). The molecule has 94 valence electrons. The molecule has 5 nitrogen and oxygen atoms in total. The second-order valence-electron chi connectivity index (χ2n) is 3.95. The first-order valence-corrected chi connectivity index (χ1v) is 5.77. The van der Waals surface area contributed by atoms with Crippen LogP contribution in [0.4, 0.5) is 0 Å². The fraction of sp³-hybridized carbons (Fsp3) is 0.583. The minimum Gasteiger partial charge on any atom is -0.477 e. The third kappa shape index (κ3) is 3.41. The van der Waals surface area contributed by atoms with Crippen molar-refractivity contribution in [2.24, 2.45) is 0 Å². The second kappa shape index (κ2) is 6.18. The first kappa shape index (κ1) is 13.4. The highest BCUT2D eigenvalue weighted by Crippen LogP contribution is 2.20. The van der Waals surface area contributed by atoms with Gasteiger partial charge in [0.1, 0.15) is 5.56 Å². The molecule has 0 fully saturated rings. The Labute approximate surface area is 101 Å². The summed E-state index contributed by atoms with van der Waals surface area (Å²) in [5, 5.41) is 16.8. The fourth-order valence-corrected chi connectivity index (χ4v) is 1.46. The van der Waals surface area contributed by atoms with Gasteiger partial charge in [0.05, 0.1) is 12.3 Å². The van der Waals surface area contributed by atoms with E-state index in [0.29, 0.717) is 17.9 Å². The number of aromatic nitrogens is 2. The molecule has 0 bridgehead atoms. The molecule has 0 unspecified atom stereocenters. The number of aryl methyl sites for hydroxylation is 1. The van der Waals surface area contributed by atoms with Gasteiger partial charge < -0.3 is 9.84 Å². The number of carboxylic acids is 1. The lowest BCUT2D eigenvalue weighted by molar-refractivity contribution is 0.0689. The minimum atomic E-state index is -1.02. The van der Waals surface area contributed by atoms with Crippen LogP contribution >= 0.6 is 0 Å². The normalized spacial score (nSPS) is 10.3. The highest BCUT2D eigenvalue weighted by Gasteiger charge is 2.18. The van der Waals surface area contributed by atoms with Crippen molar-refractivity contribution >= 4 is 5.97 Å². The van der Waals surface area contributed by atoms with Crippen molar-refractivity contribution in [1.82, 2.24) is 10.2 Å². The van der Waals surface area contributed by atoms with Gasteiger partial charge in [-0.3, -0.25) is 0 Å². The van der Waals surface area contributed by atoms with Crippen molar-refractivity contribution < 1.29 is 14.6 Å². The summed E-state index contributed by atoms with van der Waals surface area (Å²) in [6.45, 7) is 6.02. The molecule has 0 saturated carbocycles. The maximum atomic E-state index is 11.1. The molecular weight excluding hydrogens is 220 g/mol. The Balaban J connectivity index is 2.84. The molecule has 0 spiro atoms. The quantitative estimate of drug-likeness (QED) is 0.770. The lowest BCUT2D eigenvalue weighted by atomic mass is 10.1. The lowest BCUT2D eigenvalue weighted by Crippen LogP contribution is -2.11. The summed E-state index contributed by atoms with van der Waals surface area (Å²) >= 11 is 0. The molecule has 1 aromatic heterocycles. The topological polar surface area (TPSA) is 72.3 Å². The number of ether oxygens (including phenoxy) is 1. The van der Waals surface area contributed by atoms with Gasteiger partial charge in [0, 0.05) is 0 Å². The smallest absolute Gasteiger partial charge is 0.341 e. The number of rotatable bonds is 6. The van der Waals surface area contributed by atoms with E-state index in [2.05, 4.69) is 17.1 Å². The van der Waals surface area contributed by atoms with E-state index in [1.807, 2.05) is 0 Å². The largest absolute Gasteiger partial charge is 0.477 e. The number of nitrogens with zero attached hydrogens (tertiary/aromatic N) is 2. The van der Waals surface area contributed by atoms with E-state index in [1.54, 1.807) is 13.8 Å². The molecule has 5 heteroatoms. The van der Waals surface area contributed by atoms with Crippen molar-refractivity contribution in [3.05, 3.63) is 16.8 Å². The zero-order valence-electron chi connectivity index (χ0n) is 10.5. The minimum absolute atomic E-state index is 0.119. The van der Waals surface area contributed by atoms with E-state index in [9.17, 15) is 4.79 Å². The van der Waals surface area contributed by atoms with Gasteiger partial charge in [0.25, 0.3) is 0 Å². The van der Waals surface area contributed by atoms with E-state index in [4.69, 9.17) is 9.84 Å². The predicted molar refractivity (Wildman–Crippen MR) is 63.5 cm³/mol. The fourth-order valence-electron chi connectivity index (χ4n) is 1.46. The van der Waals surface area contributed by atoms with Crippen LogP contribution in [-0.2, 0) is 0 Å². The summed E-state index contributed by atoms with van der Waals surface area (Å²) in [6, 6.07) is 0. The Morgan fingerprint density at radius 3 is 2.59 bits per heavy atom. The van der Waals surface area contributed by atoms with Crippen LogP contribution in [0.2, 0.25) is 0 Å². The zero-order chi connectivity index (χ0) is 12.8. The summed E-state index contributed by atoms with van der Waals surface area (Å²) in [5.74, 6) is -0.900. The summed E-state index contributed by atoms with van der Waals surface area (Å²) in [7, 11) is 0. The zero-order valence-corrected chi connectivity index (χ0v) is 10.5. The van der Waals surface area contributed by atoms with E-state index < -0.39 is 5.97 Å². The van der Waals surface area contributed by atoms with Gasteiger partial charge in [-0.05, 0) is 25.8 Å². The number of unbranched alkanes of at least 4 members (excludes halogenated alkanes) is 2. The average Bonchev–Trinajstić information content (AvgIpc) is 2.28. The Hall–Kier alpha value is -1.65. The summed E-state index contributed by atoms with van der Waals surface area (Å²) in [4.78, 5) is 11.1. The first-order valence-electron chi connectivity index (χ1n) is 5.77. The maximum Gasteiger partial charge on any atom is 0.341 e. The summed E-state index contributed by atoms with van der Waals surface area (Å²) < 4.78 is 5.38. The lowest BCUT2D eigenvalue weighted by Gasteiger charge is -2.10. The van der Waals surface area contributed by atoms with Crippen molar-refractivity contribution in [3.63, 3.8) is 0 Å². The number of hydrogen-bond donors (Lipinski definition) is 1. The molecule has 0 aliphatic heterocycles. The number of carbonyl (C=O) groups is 1. The van der Waals surface area contributed by atoms with Crippen molar-refractivity contribution in [1.29, 1.82) is 0 Å². The Morgan fingerprint density at radius 2 is 2.00 bits per heavy atom. The highest BCUT2D eigenvalue weighted by atomic mass is 16.5. The van der Waals surface area contributed by atoms with E-state index in [-0.39, 0.29) is 11.4 Å². The molecule has 1 N–H and O–H groups in total. The molecule has 0 radical (unpaired) electrons. The highest BCUT2D eigenvalue weighted by molar-refractivity contribution is 5.91. The Bertz CT molecular complexity index is 405. The Morgan fingerprint density at radius 1 is 1.29 bits per heavy atom. The van der Waals surface area contributed by atoms with Crippen LogP contribution in [0.3, 0.4) is 0 Å². The van der Waals surface area contributed by atoms with Crippen LogP contribution in [0.5, 0.6) is 5.88 Å². The van der Waals surface area contributed by atoms with Crippen LogP contribution in [0.25, 0.3) is 0 Å². The van der Waals surface area contributed by atoms with Crippen LogP contribution in [0.15, 0.2) is 0 Å². The van der Waals surface area contributed by atoms with E-state index in [1.165, 1.54) is 0 Å². The molecule has 0 aliphatic rings. The molecule has 0 saturated heterocycles.